The number of hydrogen-bond acceptors (Lipinski definition) is 11. The van der Waals surface area contributed by atoms with Gasteiger partial charge in [-0.25, -0.2) is 4.98 Å². The molecule has 13 heteroatoms. The van der Waals surface area contributed by atoms with E-state index in [4.69, 9.17) is 15.5 Å². The molecule has 1 saturated carbocycles. The maximum atomic E-state index is 6.13. The van der Waals surface area contributed by atoms with Crippen molar-refractivity contribution in [3.63, 3.8) is 0 Å². The summed E-state index contributed by atoms with van der Waals surface area (Å²) >= 11 is 3.63. The predicted molar refractivity (Wildman–Crippen MR) is 191 cm³/mol. The predicted octanol–water partition coefficient (Wildman–Crippen LogP) is 5.33. The van der Waals surface area contributed by atoms with Crippen molar-refractivity contribution in [1.29, 1.82) is 0 Å². The Labute approximate surface area is 273 Å². The number of methoxy groups -OCH3 is 1. The average Bonchev–Trinajstić information content (AvgIpc) is 3.91. The zero-order chi connectivity index (χ0) is 31.5. The molecule has 2 aromatic carbocycles. The molecule has 0 spiro atoms. The summed E-state index contributed by atoms with van der Waals surface area (Å²) in [6.45, 7) is 8.38. The third-order valence-electron chi connectivity index (χ3n) is 8.10. The Kier molecular flexibility index (Phi) is 9.44. The summed E-state index contributed by atoms with van der Waals surface area (Å²) in [6, 6.07) is 8.89. The third kappa shape index (κ3) is 6.73. The van der Waals surface area contributed by atoms with E-state index >= 15 is 0 Å². The molecule has 2 aromatic heterocycles. The Morgan fingerprint density at radius 3 is 2.53 bits per heavy atom. The van der Waals surface area contributed by atoms with Gasteiger partial charge in [0.1, 0.15) is 11.6 Å². The smallest absolute Gasteiger partial charge is 0.229 e. The minimum atomic E-state index is -0.492. The number of aromatic nitrogens is 4. The summed E-state index contributed by atoms with van der Waals surface area (Å²) in [4.78, 5) is 27.8. The number of nitrogens with zero attached hydrogens (tertiary/aromatic N) is 7. The molecular formula is C32H38BrN10OP. The lowest BCUT2D eigenvalue weighted by Crippen LogP contribution is -2.47. The summed E-state index contributed by atoms with van der Waals surface area (Å²) in [5.41, 5.74) is 12.4. The molecule has 4 N–H and O–H groups in total. The van der Waals surface area contributed by atoms with Crippen LogP contribution in [0, 0.1) is 0 Å². The van der Waals surface area contributed by atoms with Crippen LogP contribution < -0.4 is 31.3 Å². The standard InChI is InChI=1S/C32H38BrN10OP/c1-35-18-20(17-34)22-15-26(28(44-2)16-27(22)43-13-11-42(12-14-43)21-5-6-21)40-32-38-19-23(33)31(41-32)39-25-8-7-24-29(30(25)45(3)4)37-10-9-36-24/h7-10,15-19,21H,5-6,11-14,34H2,1-4H3,(H2,38,39,40,41). The summed E-state index contributed by atoms with van der Waals surface area (Å²) in [7, 11) is 2.93. The zero-order valence-corrected chi connectivity index (χ0v) is 28.4. The molecular weight excluding hydrogens is 651 g/mol. The van der Waals surface area contributed by atoms with Crippen LogP contribution in [0.2, 0.25) is 0 Å². The Hall–Kier alpha value is -3.86. The summed E-state index contributed by atoms with van der Waals surface area (Å²) in [5.74, 6) is 1.72. The average molecular weight is 690 g/mol. The third-order valence-corrected chi connectivity index (χ3v) is 10.0. The van der Waals surface area contributed by atoms with Crippen molar-refractivity contribution in [3.8, 4) is 5.75 Å². The lowest BCUT2D eigenvalue weighted by molar-refractivity contribution is 0.248. The molecule has 0 unspecified atom stereocenters. The van der Waals surface area contributed by atoms with E-state index in [1.165, 1.54) is 12.8 Å². The SMILES string of the molecule is CN=CC(=CN)c1cc(Nc2ncc(Br)c(Nc3ccc4nccnc4c3P(C)C)n2)c(OC)cc1N1CCN(C2CC2)CC1. The molecule has 1 aliphatic heterocycles. The van der Waals surface area contributed by atoms with Crippen molar-refractivity contribution < 1.29 is 4.74 Å². The van der Waals surface area contributed by atoms with E-state index in [1.807, 2.05) is 18.2 Å². The van der Waals surface area contributed by atoms with Gasteiger partial charge in [-0.2, -0.15) is 4.98 Å². The van der Waals surface area contributed by atoms with Gasteiger partial charge < -0.3 is 26.0 Å². The van der Waals surface area contributed by atoms with E-state index in [-0.39, 0.29) is 0 Å². The van der Waals surface area contributed by atoms with Gasteiger partial charge in [0.2, 0.25) is 5.95 Å². The Morgan fingerprint density at radius 1 is 1.07 bits per heavy atom. The molecule has 1 aliphatic carbocycles. The van der Waals surface area contributed by atoms with Gasteiger partial charge in [-0.05, 0) is 60.3 Å². The Balaban J connectivity index is 1.33. The first-order valence-corrected chi connectivity index (χ1v) is 18.0. The quantitative estimate of drug-likeness (QED) is 0.149. The van der Waals surface area contributed by atoms with Gasteiger partial charge in [0.15, 0.2) is 0 Å². The van der Waals surface area contributed by atoms with Crippen molar-refractivity contribution in [1.82, 2.24) is 24.8 Å². The number of nitrogens with two attached hydrogens (primary N) is 1. The van der Waals surface area contributed by atoms with E-state index in [0.29, 0.717) is 17.5 Å². The molecule has 2 fully saturated rings. The molecule has 6 rings (SSSR count). The highest BCUT2D eigenvalue weighted by Gasteiger charge is 2.32. The first-order chi connectivity index (χ1) is 21.9. The summed E-state index contributed by atoms with van der Waals surface area (Å²) in [5, 5.41) is 8.05. The highest BCUT2D eigenvalue weighted by Crippen LogP contribution is 2.40. The fraction of sp³-hybridized carbons (Fsp3) is 0.344. The highest BCUT2D eigenvalue weighted by atomic mass is 79.9. The topological polar surface area (TPSA) is 130 Å². The minimum absolute atomic E-state index is 0.413. The van der Waals surface area contributed by atoms with Gasteiger partial charge in [0.25, 0.3) is 0 Å². The minimum Gasteiger partial charge on any atom is -0.494 e. The van der Waals surface area contributed by atoms with Gasteiger partial charge in [0.05, 0.1) is 28.3 Å². The van der Waals surface area contributed by atoms with Crippen molar-refractivity contribution in [2.45, 2.75) is 18.9 Å². The number of anilines is 5. The fourth-order valence-corrected chi connectivity index (χ4v) is 7.27. The van der Waals surface area contributed by atoms with Crippen molar-refractivity contribution in [3.05, 3.63) is 59.1 Å². The number of benzene rings is 2. The Bertz CT molecular complexity index is 1750. The molecule has 234 valence electrons. The van der Waals surface area contributed by atoms with Crippen LogP contribution >= 0.6 is 23.9 Å². The largest absolute Gasteiger partial charge is 0.494 e. The highest BCUT2D eigenvalue weighted by molar-refractivity contribution is 9.10. The second-order valence-electron chi connectivity index (χ2n) is 11.3. The lowest BCUT2D eigenvalue weighted by Gasteiger charge is -2.37. The molecule has 2 aliphatic rings. The second kappa shape index (κ2) is 13.6. The van der Waals surface area contributed by atoms with Gasteiger partial charge in [-0.15, -0.1) is 0 Å². The van der Waals surface area contributed by atoms with Crippen LogP contribution in [0.15, 0.2) is 58.5 Å². The monoisotopic (exact) mass is 688 g/mol. The number of hydrogen-bond donors (Lipinski definition) is 3. The van der Waals surface area contributed by atoms with E-state index in [9.17, 15) is 0 Å². The molecule has 0 radical (unpaired) electrons. The van der Waals surface area contributed by atoms with Crippen LogP contribution in [0.5, 0.6) is 5.75 Å². The zero-order valence-electron chi connectivity index (χ0n) is 26.0. The van der Waals surface area contributed by atoms with Gasteiger partial charge >= 0.3 is 0 Å². The van der Waals surface area contributed by atoms with Crippen LogP contribution in [0.4, 0.5) is 28.8 Å². The Morgan fingerprint density at radius 2 is 1.84 bits per heavy atom. The normalized spacial score (nSPS) is 16.1. The van der Waals surface area contributed by atoms with Crippen LogP contribution in [-0.4, -0.2) is 90.8 Å². The number of nitrogens with one attached hydrogen (secondary N) is 2. The molecule has 45 heavy (non-hydrogen) atoms. The van der Waals surface area contributed by atoms with E-state index in [0.717, 1.165) is 81.2 Å². The number of rotatable bonds is 10. The van der Waals surface area contributed by atoms with Gasteiger partial charge in [-0.3, -0.25) is 19.9 Å². The second-order valence-corrected chi connectivity index (χ2v) is 14.3. The number of ether oxygens (including phenoxy) is 1. The van der Waals surface area contributed by atoms with Crippen LogP contribution in [0.1, 0.15) is 18.4 Å². The maximum Gasteiger partial charge on any atom is 0.229 e. The van der Waals surface area contributed by atoms with Crippen LogP contribution in [0.25, 0.3) is 16.6 Å². The van der Waals surface area contributed by atoms with Crippen molar-refractivity contribution >= 4 is 80.8 Å². The van der Waals surface area contributed by atoms with Crippen molar-refractivity contribution in [2.75, 3.05) is 69.2 Å². The summed E-state index contributed by atoms with van der Waals surface area (Å²) in [6.07, 6.45) is 11.2. The van der Waals surface area contributed by atoms with E-state index in [2.05, 4.69) is 75.7 Å². The molecule has 1 saturated heterocycles. The van der Waals surface area contributed by atoms with Gasteiger partial charge in [0, 0.05) is 104 Å². The number of aliphatic imine (C=N–C) groups is 1. The maximum absolute atomic E-state index is 6.13. The molecule has 4 aromatic rings. The number of fused-ring (bicyclic) bond motifs is 1. The van der Waals surface area contributed by atoms with Crippen molar-refractivity contribution in [2.24, 2.45) is 10.7 Å². The fourth-order valence-electron chi connectivity index (χ4n) is 5.78. The number of allylic oxidation sites excluding steroid dienone is 1. The molecule has 11 nitrogen and oxygen atoms in total. The molecule has 0 atom stereocenters. The number of halogens is 1. The van der Waals surface area contributed by atoms with Crippen LogP contribution in [0.3, 0.4) is 0 Å². The lowest BCUT2D eigenvalue weighted by atomic mass is 10.0. The molecule has 3 heterocycles. The first kappa shape index (κ1) is 31.1. The molecule has 0 amide bonds. The van der Waals surface area contributed by atoms with Crippen LogP contribution in [-0.2, 0) is 0 Å². The van der Waals surface area contributed by atoms with E-state index < -0.39 is 7.92 Å². The summed E-state index contributed by atoms with van der Waals surface area (Å²) < 4.78 is 6.64. The van der Waals surface area contributed by atoms with Gasteiger partial charge in [-0.1, -0.05) is 7.92 Å². The first-order valence-electron chi connectivity index (χ1n) is 14.9. The number of piperazine rings is 1. The molecule has 0 bridgehead atoms. The van der Waals surface area contributed by atoms with E-state index in [1.54, 1.807) is 45.2 Å².